The topological polar surface area (TPSA) is 56.5 Å². The van der Waals surface area contributed by atoms with E-state index in [-0.39, 0.29) is 5.82 Å². The number of halogens is 1. The van der Waals surface area contributed by atoms with Gasteiger partial charge in [-0.25, -0.2) is 9.37 Å². The lowest BCUT2D eigenvalue weighted by molar-refractivity contribution is 0.628. The molecule has 0 amide bonds. The summed E-state index contributed by atoms with van der Waals surface area (Å²) >= 11 is 5.25. The summed E-state index contributed by atoms with van der Waals surface area (Å²) < 4.78 is 13.7. The maximum Gasteiger partial charge on any atom is 0.175 e. The van der Waals surface area contributed by atoms with Crippen molar-refractivity contribution in [3.05, 3.63) is 53.2 Å². The molecule has 0 aliphatic heterocycles. The number of nitrogens with one attached hydrogen (secondary N) is 3. The highest BCUT2D eigenvalue weighted by Gasteiger charge is 2.11. The zero-order valence-electron chi connectivity index (χ0n) is 13.6. The standard InChI is InChI=1S/C18H19FN4S/c1-11(2)10-21-15-9-13(7-8-20-15)17-16(22-18(24)23-17)12-3-5-14(19)6-4-12/h3-9,11H,10H2,1-2H3,(H,20,21)(H2,22,23,24). The molecule has 3 aromatic rings. The third-order valence-electron chi connectivity index (χ3n) is 3.60. The molecular formula is C18H19FN4S. The maximum absolute atomic E-state index is 13.2. The fraction of sp³-hybridized carbons (Fsp3) is 0.222. The molecule has 6 heteroatoms. The molecule has 0 saturated heterocycles. The molecule has 0 radical (unpaired) electrons. The van der Waals surface area contributed by atoms with Crippen LogP contribution >= 0.6 is 12.2 Å². The Morgan fingerprint density at radius 1 is 1.08 bits per heavy atom. The van der Waals surface area contributed by atoms with Gasteiger partial charge >= 0.3 is 0 Å². The summed E-state index contributed by atoms with van der Waals surface area (Å²) in [5.74, 6) is 1.08. The van der Waals surface area contributed by atoms with Gasteiger partial charge < -0.3 is 15.3 Å². The van der Waals surface area contributed by atoms with Gasteiger partial charge in [-0.3, -0.25) is 0 Å². The Kier molecular flexibility index (Phi) is 4.76. The van der Waals surface area contributed by atoms with Gasteiger partial charge in [0.1, 0.15) is 11.6 Å². The molecule has 0 fully saturated rings. The van der Waals surface area contributed by atoms with E-state index in [4.69, 9.17) is 12.2 Å². The zero-order valence-corrected chi connectivity index (χ0v) is 14.4. The molecule has 0 spiro atoms. The van der Waals surface area contributed by atoms with Crippen molar-refractivity contribution in [3.8, 4) is 22.5 Å². The molecule has 0 unspecified atom stereocenters. The highest BCUT2D eigenvalue weighted by Crippen LogP contribution is 2.30. The zero-order chi connectivity index (χ0) is 17.1. The second-order valence-electron chi connectivity index (χ2n) is 6.04. The molecule has 24 heavy (non-hydrogen) atoms. The van der Waals surface area contributed by atoms with E-state index in [2.05, 4.69) is 34.1 Å². The van der Waals surface area contributed by atoms with E-state index in [1.54, 1.807) is 18.3 Å². The van der Waals surface area contributed by atoms with Gasteiger partial charge in [-0.15, -0.1) is 0 Å². The van der Waals surface area contributed by atoms with Crippen molar-refractivity contribution in [2.24, 2.45) is 5.92 Å². The van der Waals surface area contributed by atoms with Gasteiger partial charge in [-0.05, 0) is 54.5 Å². The predicted molar refractivity (Wildman–Crippen MR) is 97.9 cm³/mol. The smallest absolute Gasteiger partial charge is 0.175 e. The monoisotopic (exact) mass is 342 g/mol. The van der Waals surface area contributed by atoms with Crippen molar-refractivity contribution >= 4 is 18.0 Å². The Labute approximate surface area is 145 Å². The van der Waals surface area contributed by atoms with Crippen LogP contribution in [0.3, 0.4) is 0 Å². The van der Waals surface area contributed by atoms with Crippen LogP contribution in [0, 0.1) is 16.5 Å². The first-order chi connectivity index (χ1) is 11.5. The number of anilines is 1. The van der Waals surface area contributed by atoms with Crippen LogP contribution in [-0.2, 0) is 0 Å². The first-order valence-electron chi connectivity index (χ1n) is 7.81. The van der Waals surface area contributed by atoms with E-state index in [9.17, 15) is 4.39 Å². The highest BCUT2D eigenvalue weighted by atomic mass is 32.1. The number of hydrogen-bond acceptors (Lipinski definition) is 3. The minimum absolute atomic E-state index is 0.265. The Hall–Kier alpha value is -2.47. The molecule has 4 nitrogen and oxygen atoms in total. The lowest BCUT2D eigenvalue weighted by Crippen LogP contribution is -2.08. The normalized spacial score (nSPS) is 11.0. The third kappa shape index (κ3) is 3.71. The number of rotatable bonds is 5. The van der Waals surface area contributed by atoms with Crippen LogP contribution < -0.4 is 5.32 Å². The van der Waals surface area contributed by atoms with Crippen LogP contribution in [0.25, 0.3) is 22.5 Å². The summed E-state index contributed by atoms with van der Waals surface area (Å²) in [7, 11) is 0. The number of nitrogens with zero attached hydrogens (tertiary/aromatic N) is 1. The van der Waals surface area contributed by atoms with Gasteiger partial charge in [0.15, 0.2) is 4.77 Å². The van der Waals surface area contributed by atoms with Crippen molar-refractivity contribution < 1.29 is 4.39 Å². The minimum Gasteiger partial charge on any atom is -0.370 e. The fourth-order valence-corrected chi connectivity index (χ4v) is 2.63. The van der Waals surface area contributed by atoms with Gasteiger partial charge in [0, 0.05) is 23.9 Å². The van der Waals surface area contributed by atoms with E-state index in [1.165, 1.54) is 12.1 Å². The second kappa shape index (κ2) is 6.97. The van der Waals surface area contributed by atoms with Gasteiger partial charge in [-0.2, -0.15) is 0 Å². The van der Waals surface area contributed by atoms with Gasteiger partial charge in [-0.1, -0.05) is 13.8 Å². The van der Waals surface area contributed by atoms with Gasteiger partial charge in [0.25, 0.3) is 0 Å². The fourth-order valence-electron chi connectivity index (χ4n) is 2.42. The highest BCUT2D eigenvalue weighted by molar-refractivity contribution is 7.71. The molecule has 0 aliphatic carbocycles. The molecule has 0 atom stereocenters. The Morgan fingerprint density at radius 2 is 1.75 bits per heavy atom. The van der Waals surface area contributed by atoms with Crippen molar-refractivity contribution in [1.82, 2.24) is 15.0 Å². The molecule has 0 aliphatic rings. The third-order valence-corrected chi connectivity index (χ3v) is 3.80. The first-order valence-corrected chi connectivity index (χ1v) is 8.22. The Morgan fingerprint density at radius 3 is 2.42 bits per heavy atom. The van der Waals surface area contributed by atoms with Crippen LogP contribution in [0.5, 0.6) is 0 Å². The summed E-state index contributed by atoms with van der Waals surface area (Å²) in [5, 5.41) is 3.32. The molecular weight excluding hydrogens is 323 g/mol. The first kappa shape index (κ1) is 16.4. The van der Waals surface area contributed by atoms with Crippen molar-refractivity contribution in [1.29, 1.82) is 0 Å². The lowest BCUT2D eigenvalue weighted by Gasteiger charge is -2.10. The summed E-state index contributed by atoms with van der Waals surface area (Å²) in [6, 6.07) is 10.2. The van der Waals surface area contributed by atoms with Crippen LogP contribution in [0.1, 0.15) is 13.8 Å². The average molecular weight is 342 g/mol. The SMILES string of the molecule is CC(C)CNc1cc(-c2[nH]c(=S)[nH]c2-c2ccc(F)cc2)ccn1. The van der Waals surface area contributed by atoms with E-state index >= 15 is 0 Å². The van der Waals surface area contributed by atoms with Crippen molar-refractivity contribution in [3.63, 3.8) is 0 Å². The lowest BCUT2D eigenvalue weighted by atomic mass is 10.1. The average Bonchev–Trinajstić information content (AvgIpc) is 2.96. The molecule has 0 saturated carbocycles. The van der Waals surface area contributed by atoms with E-state index in [0.717, 1.165) is 34.9 Å². The molecule has 2 aromatic heterocycles. The number of hydrogen-bond donors (Lipinski definition) is 3. The minimum atomic E-state index is -0.265. The van der Waals surface area contributed by atoms with Gasteiger partial charge in [0.2, 0.25) is 0 Å². The molecule has 1 aromatic carbocycles. The van der Waals surface area contributed by atoms with E-state index < -0.39 is 0 Å². The largest absolute Gasteiger partial charge is 0.370 e. The molecule has 3 rings (SSSR count). The van der Waals surface area contributed by atoms with Crippen molar-refractivity contribution in [2.75, 3.05) is 11.9 Å². The quantitative estimate of drug-likeness (QED) is 0.571. The predicted octanol–water partition coefficient (Wildman–Crippen LogP) is 5.01. The maximum atomic E-state index is 13.2. The van der Waals surface area contributed by atoms with Crippen LogP contribution in [0.4, 0.5) is 10.2 Å². The number of benzene rings is 1. The second-order valence-corrected chi connectivity index (χ2v) is 6.45. The summed E-state index contributed by atoms with van der Waals surface area (Å²) in [6.07, 6.45) is 1.76. The molecule has 3 N–H and O–H groups in total. The number of imidazole rings is 1. The molecule has 0 bridgehead atoms. The molecule has 2 heterocycles. The van der Waals surface area contributed by atoms with Crippen LogP contribution in [0.2, 0.25) is 0 Å². The van der Waals surface area contributed by atoms with Crippen molar-refractivity contribution in [2.45, 2.75) is 13.8 Å². The number of pyridine rings is 1. The van der Waals surface area contributed by atoms with E-state index in [1.807, 2.05) is 12.1 Å². The number of aromatic nitrogens is 3. The number of aromatic amines is 2. The molecule has 124 valence electrons. The summed E-state index contributed by atoms with van der Waals surface area (Å²) in [6.45, 7) is 5.14. The summed E-state index contributed by atoms with van der Waals surface area (Å²) in [4.78, 5) is 10.7. The van der Waals surface area contributed by atoms with Crippen LogP contribution in [0.15, 0.2) is 42.6 Å². The van der Waals surface area contributed by atoms with Crippen LogP contribution in [-0.4, -0.2) is 21.5 Å². The Bertz CT molecular complexity index is 881. The summed E-state index contributed by atoms with van der Waals surface area (Å²) in [5.41, 5.74) is 3.53. The number of H-pyrrole nitrogens is 2. The Balaban J connectivity index is 1.99. The van der Waals surface area contributed by atoms with Gasteiger partial charge in [0.05, 0.1) is 11.4 Å². The van der Waals surface area contributed by atoms with E-state index in [0.29, 0.717) is 10.7 Å².